The van der Waals surface area contributed by atoms with Crippen molar-refractivity contribution >= 4 is 23.9 Å². The molecule has 3 amide bonds. The molecule has 10 heteroatoms. The summed E-state index contributed by atoms with van der Waals surface area (Å²) in [5.74, 6) is -1.24. The summed E-state index contributed by atoms with van der Waals surface area (Å²) in [6, 6.07) is 10.0. The Morgan fingerprint density at radius 2 is 1.66 bits per heavy atom. The molecule has 0 fully saturated rings. The van der Waals surface area contributed by atoms with Crippen LogP contribution in [0.5, 0.6) is 5.75 Å². The highest BCUT2D eigenvalue weighted by Crippen LogP contribution is 2.28. The molecular weight excluding hydrogens is 562 g/mol. The Kier molecular flexibility index (Phi) is 14.2. The molecule has 0 aromatic heterocycles. The number of esters is 1. The Balaban J connectivity index is 2.57. The lowest BCUT2D eigenvalue weighted by Gasteiger charge is -2.35. The van der Waals surface area contributed by atoms with E-state index >= 15 is 0 Å². The fourth-order valence-electron chi connectivity index (χ4n) is 4.74. The van der Waals surface area contributed by atoms with Crippen LogP contribution in [0.1, 0.15) is 88.6 Å². The first-order chi connectivity index (χ1) is 20.7. The summed E-state index contributed by atoms with van der Waals surface area (Å²) in [4.78, 5) is 55.0. The number of carbonyl (C=O) groups is 4. The number of rotatable bonds is 15. The standard InChI is InChI=1S/C34H49N3O7/c1-8-10-11-20-37(30(27-21-23(3)12-13-24(27)4)31(40)35-19-18-29(39)43-9-2)32(41)28(36-33(42)44-34(5,6)7)22-25-14-16-26(38)17-15-25/h12-17,21,28,30,38H,8-11,18-20,22H2,1-7H3,(H,35,40)(H,36,42). The SMILES string of the molecule is CCCCCN(C(=O)C(Cc1ccc(O)cc1)NC(=O)OC(C)(C)C)C(C(=O)NCCC(=O)OCC)c1cc(C)ccc1C. The monoisotopic (exact) mass is 611 g/mol. The second-order valence-electron chi connectivity index (χ2n) is 11.9. The zero-order valence-corrected chi connectivity index (χ0v) is 27.2. The minimum Gasteiger partial charge on any atom is -0.508 e. The van der Waals surface area contributed by atoms with Crippen LogP contribution in [-0.4, -0.2) is 65.2 Å². The van der Waals surface area contributed by atoms with Crippen LogP contribution in [-0.2, 0) is 30.3 Å². The number of hydrogen-bond acceptors (Lipinski definition) is 7. The maximum absolute atomic E-state index is 14.5. The lowest BCUT2D eigenvalue weighted by Crippen LogP contribution is -2.54. The maximum Gasteiger partial charge on any atom is 0.408 e. The van der Waals surface area contributed by atoms with E-state index in [9.17, 15) is 24.3 Å². The third-order valence-corrected chi connectivity index (χ3v) is 6.87. The average molecular weight is 612 g/mol. The van der Waals surface area contributed by atoms with Crippen LogP contribution < -0.4 is 10.6 Å². The Bertz CT molecular complexity index is 1250. The molecule has 0 saturated heterocycles. The number of nitrogens with one attached hydrogen (secondary N) is 2. The van der Waals surface area contributed by atoms with Gasteiger partial charge in [0.25, 0.3) is 0 Å². The van der Waals surface area contributed by atoms with Crippen LogP contribution >= 0.6 is 0 Å². The number of nitrogens with zero attached hydrogens (tertiary/aromatic N) is 1. The van der Waals surface area contributed by atoms with Crippen molar-refractivity contribution in [1.82, 2.24) is 15.5 Å². The van der Waals surface area contributed by atoms with Gasteiger partial charge in [-0.05, 0) is 76.8 Å². The lowest BCUT2D eigenvalue weighted by atomic mass is 9.95. The number of hydrogen-bond donors (Lipinski definition) is 3. The number of aryl methyl sites for hydroxylation is 2. The molecule has 2 atom stereocenters. The molecule has 3 N–H and O–H groups in total. The van der Waals surface area contributed by atoms with Gasteiger partial charge in [0.15, 0.2) is 0 Å². The van der Waals surface area contributed by atoms with Crippen LogP contribution in [0, 0.1) is 13.8 Å². The number of unbranched alkanes of at least 4 members (excludes halogenated alkanes) is 2. The van der Waals surface area contributed by atoms with Gasteiger partial charge in [-0.3, -0.25) is 14.4 Å². The van der Waals surface area contributed by atoms with Crippen molar-refractivity contribution in [3.63, 3.8) is 0 Å². The first kappa shape index (κ1) is 36.1. The Morgan fingerprint density at radius 1 is 0.977 bits per heavy atom. The van der Waals surface area contributed by atoms with Gasteiger partial charge >= 0.3 is 12.1 Å². The van der Waals surface area contributed by atoms with Crippen LogP contribution in [0.25, 0.3) is 0 Å². The molecule has 0 radical (unpaired) electrons. The van der Waals surface area contributed by atoms with Gasteiger partial charge in [-0.2, -0.15) is 0 Å². The molecule has 0 aliphatic rings. The molecule has 2 unspecified atom stereocenters. The van der Waals surface area contributed by atoms with E-state index in [4.69, 9.17) is 9.47 Å². The topological polar surface area (TPSA) is 134 Å². The Morgan fingerprint density at radius 3 is 2.27 bits per heavy atom. The van der Waals surface area contributed by atoms with Crippen LogP contribution in [0.2, 0.25) is 0 Å². The van der Waals surface area contributed by atoms with Gasteiger partial charge in [0, 0.05) is 19.5 Å². The van der Waals surface area contributed by atoms with Crippen LogP contribution in [0.15, 0.2) is 42.5 Å². The van der Waals surface area contributed by atoms with Crippen molar-refractivity contribution in [2.24, 2.45) is 0 Å². The van der Waals surface area contributed by atoms with Gasteiger partial charge in [0.1, 0.15) is 23.4 Å². The highest BCUT2D eigenvalue weighted by atomic mass is 16.6. The number of phenols is 1. The summed E-state index contributed by atoms with van der Waals surface area (Å²) in [6.07, 6.45) is 1.70. The molecule has 0 aliphatic heterocycles. The smallest absolute Gasteiger partial charge is 0.408 e. The molecule has 0 heterocycles. The van der Waals surface area contributed by atoms with Crippen LogP contribution in [0.3, 0.4) is 0 Å². The summed E-state index contributed by atoms with van der Waals surface area (Å²) in [5.41, 5.74) is 2.31. The number of benzene rings is 2. The van der Waals surface area contributed by atoms with Crippen molar-refractivity contribution in [2.75, 3.05) is 19.7 Å². The maximum atomic E-state index is 14.5. The molecule has 2 aromatic rings. The largest absolute Gasteiger partial charge is 0.508 e. The normalized spacial score (nSPS) is 12.5. The second kappa shape index (κ2) is 17.3. The van der Waals surface area contributed by atoms with Gasteiger partial charge in [-0.1, -0.05) is 55.7 Å². The van der Waals surface area contributed by atoms with E-state index in [1.165, 1.54) is 17.0 Å². The summed E-state index contributed by atoms with van der Waals surface area (Å²) in [7, 11) is 0. The molecule has 0 spiro atoms. The predicted molar refractivity (Wildman–Crippen MR) is 169 cm³/mol. The fraction of sp³-hybridized carbons (Fsp3) is 0.529. The fourth-order valence-corrected chi connectivity index (χ4v) is 4.74. The number of alkyl carbamates (subject to hydrolysis) is 1. The van der Waals surface area contributed by atoms with E-state index in [0.717, 1.165) is 24.0 Å². The molecule has 242 valence electrons. The zero-order chi connectivity index (χ0) is 32.9. The van der Waals surface area contributed by atoms with Crippen molar-refractivity contribution in [2.45, 2.75) is 98.3 Å². The molecule has 44 heavy (non-hydrogen) atoms. The number of carbonyl (C=O) groups excluding carboxylic acids is 4. The van der Waals surface area contributed by atoms with Crippen molar-refractivity contribution < 1.29 is 33.8 Å². The van der Waals surface area contributed by atoms with Crippen molar-refractivity contribution in [3.05, 3.63) is 64.7 Å². The number of amides is 3. The van der Waals surface area contributed by atoms with E-state index in [2.05, 4.69) is 10.6 Å². The van der Waals surface area contributed by atoms with Crippen LogP contribution in [0.4, 0.5) is 4.79 Å². The highest BCUT2D eigenvalue weighted by molar-refractivity contribution is 5.92. The van der Waals surface area contributed by atoms with E-state index in [0.29, 0.717) is 17.5 Å². The molecule has 0 saturated carbocycles. The van der Waals surface area contributed by atoms with E-state index in [1.807, 2.05) is 39.0 Å². The summed E-state index contributed by atoms with van der Waals surface area (Å²) < 4.78 is 10.5. The Hall–Kier alpha value is -4.08. The molecule has 0 aliphatic carbocycles. The average Bonchev–Trinajstić information content (AvgIpc) is 2.94. The lowest BCUT2D eigenvalue weighted by molar-refractivity contribution is -0.144. The van der Waals surface area contributed by atoms with Gasteiger partial charge in [-0.25, -0.2) is 4.79 Å². The van der Waals surface area contributed by atoms with E-state index in [1.54, 1.807) is 39.8 Å². The number of phenolic OH excluding ortho intramolecular Hbond substituents is 1. The minimum absolute atomic E-state index is 0.00738. The molecule has 10 nitrogen and oxygen atoms in total. The highest BCUT2D eigenvalue weighted by Gasteiger charge is 2.37. The Labute approximate surface area is 261 Å². The predicted octanol–water partition coefficient (Wildman–Crippen LogP) is 5.27. The quantitative estimate of drug-likeness (QED) is 0.184. The zero-order valence-electron chi connectivity index (χ0n) is 27.2. The van der Waals surface area contributed by atoms with Gasteiger partial charge < -0.3 is 30.1 Å². The van der Waals surface area contributed by atoms with Gasteiger partial charge in [0.05, 0.1) is 13.0 Å². The third-order valence-electron chi connectivity index (χ3n) is 6.87. The molecule has 2 rings (SSSR count). The number of ether oxygens (including phenoxy) is 2. The first-order valence-electron chi connectivity index (χ1n) is 15.3. The van der Waals surface area contributed by atoms with Crippen molar-refractivity contribution in [1.29, 1.82) is 0 Å². The van der Waals surface area contributed by atoms with E-state index in [-0.39, 0.29) is 38.3 Å². The van der Waals surface area contributed by atoms with Gasteiger partial charge in [0.2, 0.25) is 11.8 Å². The number of aromatic hydroxyl groups is 1. The van der Waals surface area contributed by atoms with Gasteiger partial charge in [-0.15, -0.1) is 0 Å². The third kappa shape index (κ3) is 11.9. The molecular formula is C34H49N3O7. The second-order valence-corrected chi connectivity index (χ2v) is 11.9. The molecule has 2 aromatic carbocycles. The van der Waals surface area contributed by atoms with E-state index < -0.39 is 41.6 Å². The summed E-state index contributed by atoms with van der Waals surface area (Å²) in [5, 5.41) is 15.4. The summed E-state index contributed by atoms with van der Waals surface area (Å²) >= 11 is 0. The summed E-state index contributed by atoms with van der Waals surface area (Å²) in [6.45, 7) is 13.3. The molecule has 0 bridgehead atoms. The van der Waals surface area contributed by atoms with Crippen molar-refractivity contribution in [3.8, 4) is 5.75 Å². The minimum atomic E-state index is -1.07. The first-order valence-corrected chi connectivity index (χ1v) is 15.3.